The van der Waals surface area contributed by atoms with Crippen LogP contribution in [-0.2, 0) is 7.05 Å². The molecule has 0 aliphatic rings. The van der Waals surface area contributed by atoms with E-state index in [1.807, 2.05) is 20.9 Å². The molecule has 110 valence electrons. The van der Waals surface area contributed by atoms with Gasteiger partial charge < -0.3 is 11.1 Å². The number of nitrogen functional groups attached to an aromatic ring is 1. The average Bonchev–Trinajstić information content (AvgIpc) is 2.78. The molecule has 3 N–H and O–H groups in total. The summed E-state index contributed by atoms with van der Waals surface area (Å²) in [5.41, 5.74) is 7.54. The number of fused-ring (bicyclic) bond motifs is 1. The predicted molar refractivity (Wildman–Crippen MR) is 84.1 cm³/mol. The lowest BCUT2D eigenvalue weighted by atomic mass is 10.1. The molecule has 0 fully saturated rings. The minimum Gasteiger partial charge on any atom is -0.397 e. The summed E-state index contributed by atoms with van der Waals surface area (Å²) in [7, 11) is 1.87. The highest BCUT2D eigenvalue weighted by molar-refractivity contribution is 7.21. The van der Waals surface area contributed by atoms with Crippen molar-refractivity contribution in [1.82, 2.24) is 15.1 Å². The highest BCUT2D eigenvalue weighted by Gasteiger charge is 2.21. The first-order valence-electron chi connectivity index (χ1n) is 6.83. The van der Waals surface area contributed by atoms with Gasteiger partial charge in [0.15, 0.2) is 0 Å². The number of hydrogen-bond donors (Lipinski definition) is 2. The molecule has 1 atom stereocenters. The predicted octanol–water partition coefficient (Wildman–Crippen LogP) is 2.69. The first-order chi connectivity index (χ1) is 9.31. The Morgan fingerprint density at radius 1 is 1.45 bits per heavy atom. The van der Waals surface area contributed by atoms with Crippen LogP contribution in [0.1, 0.15) is 42.6 Å². The monoisotopic (exact) mass is 294 g/mol. The van der Waals surface area contributed by atoms with Crippen LogP contribution < -0.4 is 11.1 Å². The SMILES string of the molecule is Cc1nn(C)c2sc(C(=O)NC(C)CC(C)C)c(N)c12. The van der Waals surface area contributed by atoms with Crippen molar-refractivity contribution in [3.63, 3.8) is 0 Å². The zero-order valence-corrected chi connectivity index (χ0v) is 13.5. The van der Waals surface area contributed by atoms with Gasteiger partial charge in [0.25, 0.3) is 5.91 Å². The maximum atomic E-state index is 12.3. The quantitative estimate of drug-likeness (QED) is 0.910. The molecule has 2 aromatic rings. The van der Waals surface area contributed by atoms with Gasteiger partial charge in [0.05, 0.1) is 16.8 Å². The topological polar surface area (TPSA) is 72.9 Å². The maximum Gasteiger partial charge on any atom is 0.263 e. The summed E-state index contributed by atoms with van der Waals surface area (Å²) in [6.07, 6.45) is 0.955. The van der Waals surface area contributed by atoms with Crippen LogP contribution in [-0.4, -0.2) is 21.7 Å². The van der Waals surface area contributed by atoms with Crippen LogP contribution in [0.25, 0.3) is 10.2 Å². The largest absolute Gasteiger partial charge is 0.397 e. The van der Waals surface area contributed by atoms with E-state index in [-0.39, 0.29) is 11.9 Å². The molecule has 0 bridgehead atoms. The number of carbonyl (C=O) groups is 1. The summed E-state index contributed by atoms with van der Waals surface area (Å²) in [6.45, 7) is 8.22. The molecule has 20 heavy (non-hydrogen) atoms. The van der Waals surface area contributed by atoms with Gasteiger partial charge in [-0.3, -0.25) is 9.48 Å². The summed E-state index contributed by atoms with van der Waals surface area (Å²) < 4.78 is 1.78. The molecule has 0 saturated heterocycles. The molecule has 5 nitrogen and oxygen atoms in total. The van der Waals surface area contributed by atoms with E-state index in [0.717, 1.165) is 22.3 Å². The van der Waals surface area contributed by atoms with Crippen LogP contribution in [0.5, 0.6) is 0 Å². The van der Waals surface area contributed by atoms with Gasteiger partial charge >= 0.3 is 0 Å². The zero-order chi connectivity index (χ0) is 15.0. The molecule has 0 aromatic carbocycles. The van der Waals surface area contributed by atoms with Gasteiger partial charge in [0, 0.05) is 13.1 Å². The lowest BCUT2D eigenvalue weighted by Gasteiger charge is -2.15. The third kappa shape index (κ3) is 2.65. The van der Waals surface area contributed by atoms with Crippen LogP contribution in [0.4, 0.5) is 5.69 Å². The molecule has 2 rings (SSSR count). The molecule has 1 amide bonds. The Bertz CT molecular complexity index is 641. The highest BCUT2D eigenvalue weighted by atomic mass is 32.1. The Morgan fingerprint density at radius 3 is 2.65 bits per heavy atom. The van der Waals surface area contributed by atoms with E-state index in [9.17, 15) is 4.79 Å². The molecular weight excluding hydrogens is 272 g/mol. The first kappa shape index (κ1) is 14.8. The van der Waals surface area contributed by atoms with Crippen molar-refractivity contribution in [2.24, 2.45) is 13.0 Å². The smallest absolute Gasteiger partial charge is 0.263 e. The number of thiophene rings is 1. The Morgan fingerprint density at radius 2 is 2.10 bits per heavy atom. The second-order valence-corrected chi connectivity index (χ2v) is 6.74. The van der Waals surface area contributed by atoms with E-state index >= 15 is 0 Å². The van der Waals surface area contributed by atoms with Crippen LogP contribution in [0.3, 0.4) is 0 Å². The summed E-state index contributed by atoms with van der Waals surface area (Å²) in [5.74, 6) is 0.466. The van der Waals surface area contributed by atoms with Crippen LogP contribution in [0.2, 0.25) is 0 Å². The molecular formula is C14H22N4OS. The number of hydrogen-bond acceptors (Lipinski definition) is 4. The number of nitrogens with two attached hydrogens (primary N) is 1. The molecule has 0 saturated carbocycles. The highest BCUT2D eigenvalue weighted by Crippen LogP contribution is 2.35. The van der Waals surface area contributed by atoms with Gasteiger partial charge in [-0.05, 0) is 26.2 Å². The third-order valence-electron chi connectivity index (χ3n) is 3.29. The minimum absolute atomic E-state index is 0.0868. The first-order valence-corrected chi connectivity index (χ1v) is 7.65. The van der Waals surface area contributed by atoms with Crippen molar-refractivity contribution in [1.29, 1.82) is 0 Å². The number of nitrogens with one attached hydrogen (secondary N) is 1. The van der Waals surface area contributed by atoms with Gasteiger partial charge in [0.1, 0.15) is 9.71 Å². The summed E-state index contributed by atoms with van der Waals surface area (Å²) >= 11 is 1.40. The Balaban J connectivity index is 2.27. The van der Waals surface area contributed by atoms with E-state index in [2.05, 4.69) is 24.3 Å². The number of aromatic nitrogens is 2. The van der Waals surface area contributed by atoms with Crippen molar-refractivity contribution in [2.75, 3.05) is 5.73 Å². The number of aryl methyl sites for hydroxylation is 2. The van der Waals surface area contributed by atoms with E-state index in [1.165, 1.54) is 11.3 Å². The summed E-state index contributed by atoms with van der Waals surface area (Å²) in [5, 5.41) is 8.25. The summed E-state index contributed by atoms with van der Waals surface area (Å²) in [4.78, 5) is 13.9. The Kier molecular flexibility index (Phi) is 4.04. The van der Waals surface area contributed by atoms with Crippen LogP contribution in [0.15, 0.2) is 0 Å². The molecule has 0 aliphatic heterocycles. The van der Waals surface area contributed by atoms with Crippen molar-refractivity contribution < 1.29 is 4.79 Å². The summed E-state index contributed by atoms with van der Waals surface area (Å²) in [6, 6.07) is 0.145. The standard InChI is InChI=1S/C14H22N4OS/c1-7(2)6-8(3)16-13(19)12-11(15)10-9(4)17-18(5)14(10)20-12/h7-8H,6,15H2,1-5H3,(H,16,19). The fourth-order valence-electron chi connectivity index (χ4n) is 2.55. The lowest BCUT2D eigenvalue weighted by Crippen LogP contribution is -2.33. The molecule has 2 heterocycles. The normalized spacial score (nSPS) is 13.1. The second-order valence-electron chi connectivity index (χ2n) is 5.74. The van der Waals surface area contributed by atoms with Gasteiger partial charge in [-0.2, -0.15) is 5.10 Å². The van der Waals surface area contributed by atoms with Gasteiger partial charge in [-0.15, -0.1) is 11.3 Å². The van der Waals surface area contributed by atoms with Crippen molar-refractivity contribution >= 4 is 33.1 Å². The van der Waals surface area contributed by atoms with Crippen molar-refractivity contribution in [2.45, 2.75) is 40.2 Å². The van der Waals surface area contributed by atoms with Gasteiger partial charge in [-0.25, -0.2) is 0 Å². The van der Waals surface area contributed by atoms with E-state index in [1.54, 1.807) is 4.68 Å². The lowest BCUT2D eigenvalue weighted by molar-refractivity contribution is 0.0941. The molecule has 0 spiro atoms. The molecule has 1 unspecified atom stereocenters. The minimum atomic E-state index is -0.0868. The maximum absolute atomic E-state index is 12.3. The fourth-order valence-corrected chi connectivity index (χ4v) is 3.64. The Hall–Kier alpha value is -1.56. The van der Waals surface area contributed by atoms with E-state index in [0.29, 0.717) is 16.5 Å². The Labute approximate surface area is 123 Å². The zero-order valence-electron chi connectivity index (χ0n) is 12.7. The second kappa shape index (κ2) is 5.44. The van der Waals surface area contributed by atoms with Gasteiger partial charge in [-0.1, -0.05) is 13.8 Å². The van der Waals surface area contributed by atoms with E-state index < -0.39 is 0 Å². The third-order valence-corrected chi connectivity index (χ3v) is 4.56. The number of anilines is 1. The number of amides is 1. The number of rotatable bonds is 4. The van der Waals surface area contributed by atoms with Crippen molar-refractivity contribution in [3.05, 3.63) is 10.6 Å². The average molecular weight is 294 g/mol. The van der Waals surface area contributed by atoms with E-state index in [4.69, 9.17) is 5.73 Å². The van der Waals surface area contributed by atoms with Crippen molar-refractivity contribution in [3.8, 4) is 0 Å². The van der Waals surface area contributed by atoms with Crippen LogP contribution in [0, 0.1) is 12.8 Å². The fraction of sp³-hybridized carbons (Fsp3) is 0.571. The number of carbonyl (C=O) groups excluding carboxylic acids is 1. The molecule has 0 radical (unpaired) electrons. The molecule has 0 aliphatic carbocycles. The molecule has 6 heteroatoms. The molecule has 2 aromatic heterocycles. The van der Waals surface area contributed by atoms with Crippen LogP contribution >= 0.6 is 11.3 Å². The number of nitrogens with zero attached hydrogens (tertiary/aromatic N) is 2. The van der Waals surface area contributed by atoms with Gasteiger partial charge in [0.2, 0.25) is 0 Å².